The first-order valence-electron chi connectivity index (χ1n) is 10.3. The van der Waals surface area contributed by atoms with E-state index >= 15 is 0 Å². The Morgan fingerprint density at radius 1 is 1.09 bits per heavy atom. The van der Waals surface area contributed by atoms with Gasteiger partial charge in [-0.2, -0.15) is 13.2 Å². The highest BCUT2D eigenvalue weighted by Gasteiger charge is 2.31. The fourth-order valence-corrected chi connectivity index (χ4v) is 2.95. The molecule has 0 bridgehead atoms. The van der Waals surface area contributed by atoms with Gasteiger partial charge in [0, 0.05) is 42.8 Å². The van der Waals surface area contributed by atoms with Gasteiger partial charge in [0.2, 0.25) is 0 Å². The van der Waals surface area contributed by atoms with Gasteiger partial charge >= 0.3 is 6.18 Å². The first-order valence-corrected chi connectivity index (χ1v) is 10.3. The van der Waals surface area contributed by atoms with E-state index in [1.807, 2.05) is 25.9 Å². The van der Waals surface area contributed by atoms with Crippen LogP contribution in [0.1, 0.15) is 21.5 Å². The number of amides is 1. The highest BCUT2D eigenvalue weighted by molar-refractivity contribution is 6.05. The van der Waals surface area contributed by atoms with Gasteiger partial charge in [-0.15, -0.1) is 0 Å². The number of hydrogen-bond donors (Lipinski definition) is 2. The SMILES string of the molecule is C=N/C=N\C(=C)Nc1cc(C(=O)Nc2cc(N(C)CCN(C)C)cc(C(F)(F)F)c2)ccc1C. The van der Waals surface area contributed by atoms with Gasteiger partial charge in [0.15, 0.2) is 0 Å². The molecular weight excluding hydrogens is 445 g/mol. The van der Waals surface area contributed by atoms with Crippen LogP contribution in [0, 0.1) is 6.92 Å². The highest BCUT2D eigenvalue weighted by atomic mass is 19.4. The molecule has 0 saturated heterocycles. The molecule has 0 atom stereocenters. The topological polar surface area (TPSA) is 72.3 Å². The second-order valence-corrected chi connectivity index (χ2v) is 7.97. The Bertz CT molecular complexity index is 1080. The standard InChI is InChI=1S/C24H29F3N6O/c1-16-7-8-18(11-22(16)30-17(2)29-15-28-3)23(34)31-20-12-19(24(25,26)27)13-21(14-20)33(6)10-9-32(4)5/h7-8,11-15,30H,2-3,9-10H2,1,4-6H3,(H,31,34)/b29-15-. The number of nitrogens with one attached hydrogen (secondary N) is 2. The molecule has 0 aliphatic rings. The number of rotatable bonds is 10. The Balaban J connectivity index is 2.31. The van der Waals surface area contributed by atoms with Gasteiger partial charge in [0.05, 0.1) is 5.56 Å². The molecule has 7 nitrogen and oxygen atoms in total. The van der Waals surface area contributed by atoms with Crippen molar-refractivity contribution in [1.29, 1.82) is 0 Å². The molecule has 0 aliphatic heterocycles. The molecule has 0 aliphatic carbocycles. The van der Waals surface area contributed by atoms with Gasteiger partial charge in [-0.25, -0.2) is 4.99 Å². The van der Waals surface area contributed by atoms with E-state index in [9.17, 15) is 18.0 Å². The number of hydrogen-bond acceptors (Lipinski definition) is 5. The Labute approximate surface area is 197 Å². The molecule has 2 N–H and O–H groups in total. The van der Waals surface area contributed by atoms with Crippen LogP contribution in [0.4, 0.5) is 30.2 Å². The summed E-state index contributed by atoms with van der Waals surface area (Å²) < 4.78 is 40.5. The lowest BCUT2D eigenvalue weighted by molar-refractivity contribution is -0.137. The van der Waals surface area contributed by atoms with Gasteiger partial charge < -0.3 is 20.4 Å². The van der Waals surface area contributed by atoms with Crippen molar-refractivity contribution in [2.45, 2.75) is 13.1 Å². The normalized spacial score (nSPS) is 11.5. The van der Waals surface area contributed by atoms with Gasteiger partial charge in [-0.1, -0.05) is 12.6 Å². The van der Waals surface area contributed by atoms with Crippen molar-refractivity contribution >= 4 is 36.0 Å². The maximum atomic E-state index is 13.5. The van der Waals surface area contributed by atoms with E-state index in [-0.39, 0.29) is 17.1 Å². The van der Waals surface area contributed by atoms with E-state index in [0.29, 0.717) is 24.5 Å². The van der Waals surface area contributed by atoms with E-state index in [2.05, 4.69) is 33.9 Å². The average molecular weight is 475 g/mol. The second-order valence-electron chi connectivity index (χ2n) is 7.97. The monoisotopic (exact) mass is 474 g/mol. The van der Waals surface area contributed by atoms with Crippen LogP contribution in [-0.2, 0) is 6.18 Å². The summed E-state index contributed by atoms with van der Waals surface area (Å²) in [5, 5.41) is 5.55. The van der Waals surface area contributed by atoms with E-state index < -0.39 is 17.6 Å². The van der Waals surface area contributed by atoms with E-state index in [1.165, 1.54) is 12.4 Å². The number of aryl methyl sites for hydroxylation is 1. The van der Waals surface area contributed by atoms with Crippen molar-refractivity contribution in [3.8, 4) is 0 Å². The molecule has 2 aromatic carbocycles. The van der Waals surface area contributed by atoms with Crippen molar-refractivity contribution in [3.63, 3.8) is 0 Å². The average Bonchev–Trinajstić information content (AvgIpc) is 2.76. The Hall–Kier alpha value is -3.66. The highest BCUT2D eigenvalue weighted by Crippen LogP contribution is 2.34. The molecular formula is C24H29F3N6O. The summed E-state index contributed by atoms with van der Waals surface area (Å²) in [5.74, 6) is -0.262. The molecule has 182 valence electrons. The lowest BCUT2D eigenvalue weighted by atomic mass is 10.1. The van der Waals surface area contributed by atoms with Crippen LogP contribution < -0.4 is 15.5 Å². The molecule has 1 amide bonds. The minimum absolute atomic E-state index is 0.0488. The van der Waals surface area contributed by atoms with Crippen molar-refractivity contribution in [2.75, 3.05) is 49.8 Å². The molecule has 0 radical (unpaired) electrons. The predicted molar refractivity (Wildman–Crippen MR) is 133 cm³/mol. The molecule has 0 heterocycles. The molecule has 0 fully saturated rings. The molecule has 0 saturated carbocycles. The van der Waals surface area contributed by atoms with Crippen molar-refractivity contribution in [3.05, 3.63) is 65.5 Å². The van der Waals surface area contributed by atoms with Crippen LogP contribution in [0.2, 0.25) is 0 Å². The van der Waals surface area contributed by atoms with E-state index in [4.69, 9.17) is 0 Å². The molecule has 34 heavy (non-hydrogen) atoms. The maximum absolute atomic E-state index is 13.5. The molecule has 0 spiro atoms. The van der Waals surface area contributed by atoms with Crippen molar-refractivity contribution in [1.82, 2.24) is 4.90 Å². The van der Waals surface area contributed by atoms with Crippen LogP contribution >= 0.6 is 0 Å². The van der Waals surface area contributed by atoms with E-state index in [1.54, 1.807) is 30.1 Å². The van der Waals surface area contributed by atoms with E-state index in [0.717, 1.165) is 17.7 Å². The Morgan fingerprint density at radius 2 is 1.79 bits per heavy atom. The fourth-order valence-electron chi connectivity index (χ4n) is 2.95. The van der Waals surface area contributed by atoms with Crippen LogP contribution in [0.3, 0.4) is 0 Å². The van der Waals surface area contributed by atoms with Crippen molar-refractivity contribution in [2.24, 2.45) is 9.98 Å². The summed E-state index contributed by atoms with van der Waals surface area (Å²) in [5.41, 5.74) is 1.21. The first-order chi connectivity index (χ1) is 15.9. The number of halogens is 3. The zero-order valence-corrected chi connectivity index (χ0v) is 19.7. The Morgan fingerprint density at radius 3 is 2.41 bits per heavy atom. The summed E-state index contributed by atoms with van der Waals surface area (Å²) in [6.07, 6.45) is -3.33. The molecule has 2 rings (SSSR count). The minimum atomic E-state index is -4.56. The molecule has 10 heteroatoms. The van der Waals surface area contributed by atoms with Gasteiger partial charge in [-0.3, -0.25) is 9.79 Å². The number of anilines is 3. The minimum Gasteiger partial charge on any atom is -0.373 e. The number of alkyl halides is 3. The predicted octanol–water partition coefficient (Wildman–Crippen LogP) is 4.88. The number of benzene rings is 2. The van der Waals surface area contributed by atoms with Crippen LogP contribution in [0.25, 0.3) is 0 Å². The summed E-state index contributed by atoms with van der Waals surface area (Å²) in [7, 11) is 5.47. The smallest absolute Gasteiger partial charge is 0.373 e. The number of likely N-dealkylation sites (N-methyl/N-ethyl adjacent to an activating group) is 2. The van der Waals surface area contributed by atoms with Crippen molar-refractivity contribution < 1.29 is 18.0 Å². The zero-order chi connectivity index (χ0) is 25.5. The van der Waals surface area contributed by atoms with Gasteiger partial charge in [-0.05, 0) is 63.6 Å². The summed E-state index contributed by atoms with van der Waals surface area (Å²) in [6.45, 7) is 10.0. The number of nitrogens with zero attached hydrogens (tertiary/aromatic N) is 4. The van der Waals surface area contributed by atoms with Crippen LogP contribution in [0.5, 0.6) is 0 Å². The van der Waals surface area contributed by atoms with Gasteiger partial charge in [0.1, 0.15) is 12.2 Å². The zero-order valence-electron chi connectivity index (χ0n) is 19.7. The third-order valence-corrected chi connectivity index (χ3v) is 4.90. The summed E-state index contributed by atoms with van der Waals surface area (Å²) in [6, 6.07) is 8.40. The number of carbonyl (C=O) groups excluding carboxylic acids is 1. The Kier molecular flexibility index (Phi) is 8.97. The molecule has 0 aromatic heterocycles. The number of aliphatic imine (C=N–C) groups is 2. The second kappa shape index (κ2) is 11.5. The third-order valence-electron chi connectivity index (χ3n) is 4.90. The van der Waals surface area contributed by atoms with Crippen LogP contribution in [0.15, 0.2) is 58.8 Å². The maximum Gasteiger partial charge on any atom is 0.416 e. The quantitative estimate of drug-likeness (QED) is 0.381. The molecule has 2 aromatic rings. The first kappa shape index (κ1) is 26.6. The third kappa shape index (κ3) is 7.73. The lowest BCUT2D eigenvalue weighted by Gasteiger charge is -2.23. The number of carbonyl (C=O) groups is 1. The summed E-state index contributed by atoms with van der Waals surface area (Å²) >= 11 is 0. The summed E-state index contributed by atoms with van der Waals surface area (Å²) in [4.78, 5) is 24.0. The molecule has 0 unspecified atom stereocenters. The van der Waals surface area contributed by atoms with Crippen LogP contribution in [-0.4, -0.2) is 58.1 Å². The van der Waals surface area contributed by atoms with Gasteiger partial charge in [0.25, 0.3) is 5.91 Å². The lowest BCUT2D eigenvalue weighted by Crippen LogP contribution is -2.28. The fraction of sp³-hybridized carbons (Fsp3) is 0.292. The largest absolute Gasteiger partial charge is 0.416 e.